The average Bonchev–Trinajstić information content (AvgIpc) is 2.02. The number of H-pyrrole nitrogens is 1. The van der Waals surface area contributed by atoms with E-state index in [1.54, 1.807) is 4.98 Å². The lowest BCUT2D eigenvalue weighted by Gasteiger charge is -2.05. The lowest BCUT2D eigenvalue weighted by molar-refractivity contribution is -0.141. The molecule has 0 aliphatic carbocycles. The Hall–Kier alpha value is -1.30. The average molecular weight is 192 g/mol. The van der Waals surface area contributed by atoms with Crippen LogP contribution in [0.15, 0.2) is 16.9 Å². The van der Waals surface area contributed by atoms with Gasteiger partial charge in [0.2, 0.25) is 0 Å². The first-order chi connectivity index (χ1) is 5.95. The number of aromatic nitrogens is 1. The van der Waals surface area contributed by atoms with Crippen molar-refractivity contribution in [2.24, 2.45) is 5.73 Å². The van der Waals surface area contributed by atoms with E-state index in [-0.39, 0.29) is 12.1 Å². The van der Waals surface area contributed by atoms with Crippen molar-refractivity contribution in [3.05, 3.63) is 33.7 Å². The molecule has 1 aromatic heterocycles. The molecule has 1 heterocycles. The predicted octanol–water partition coefficient (Wildman–Crippen LogP) is 0.852. The Morgan fingerprint density at radius 2 is 2.00 bits per heavy atom. The van der Waals surface area contributed by atoms with Gasteiger partial charge in [0, 0.05) is 12.1 Å². The molecule has 0 saturated heterocycles. The first-order valence-electron chi connectivity index (χ1n) is 3.44. The van der Waals surface area contributed by atoms with Gasteiger partial charge < -0.3 is 10.7 Å². The molecule has 0 atom stereocenters. The number of pyridine rings is 1. The number of alkyl halides is 3. The molecule has 0 spiro atoms. The minimum atomic E-state index is -4.52. The number of hydrogen-bond donors (Lipinski definition) is 2. The Morgan fingerprint density at radius 3 is 2.38 bits per heavy atom. The first-order valence-corrected chi connectivity index (χ1v) is 3.44. The quantitative estimate of drug-likeness (QED) is 0.693. The smallest absolute Gasteiger partial charge is 0.326 e. The highest BCUT2D eigenvalue weighted by Crippen LogP contribution is 2.26. The summed E-state index contributed by atoms with van der Waals surface area (Å²) in [6.07, 6.45) is -4.52. The fourth-order valence-electron chi connectivity index (χ4n) is 0.830. The summed E-state index contributed by atoms with van der Waals surface area (Å²) >= 11 is 0. The van der Waals surface area contributed by atoms with E-state index in [4.69, 9.17) is 5.73 Å². The number of nitrogens with one attached hydrogen (secondary N) is 1. The zero-order chi connectivity index (χ0) is 10.1. The van der Waals surface area contributed by atoms with E-state index in [9.17, 15) is 18.0 Å². The maximum absolute atomic E-state index is 12.0. The fourth-order valence-corrected chi connectivity index (χ4v) is 0.830. The Balaban J connectivity index is 3.18. The van der Waals surface area contributed by atoms with Crippen LogP contribution in [0.4, 0.5) is 13.2 Å². The Morgan fingerprint density at radius 1 is 1.38 bits per heavy atom. The molecule has 3 N–H and O–H groups in total. The molecule has 6 heteroatoms. The van der Waals surface area contributed by atoms with Crippen LogP contribution >= 0.6 is 0 Å². The van der Waals surface area contributed by atoms with Crippen LogP contribution < -0.4 is 11.3 Å². The fraction of sp³-hybridized carbons (Fsp3) is 0.286. The van der Waals surface area contributed by atoms with Gasteiger partial charge in [-0.25, -0.2) is 0 Å². The molecule has 0 amide bonds. The van der Waals surface area contributed by atoms with Crippen molar-refractivity contribution in [1.29, 1.82) is 0 Å². The molecule has 0 saturated carbocycles. The predicted molar refractivity (Wildman–Crippen MR) is 40.0 cm³/mol. The molecule has 0 aliphatic rings. The number of nitrogens with two attached hydrogens (primary N) is 1. The minimum Gasteiger partial charge on any atom is -0.326 e. The van der Waals surface area contributed by atoms with E-state index in [0.717, 1.165) is 12.1 Å². The SMILES string of the molecule is NCc1ccc(C(F)(F)F)[nH]c1=O. The molecule has 1 aromatic rings. The summed E-state index contributed by atoms with van der Waals surface area (Å²) in [5.41, 5.74) is 3.39. The Kier molecular flexibility index (Phi) is 2.42. The highest BCUT2D eigenvalue weighted by molar-refractivity contribution is 5.15. The highest BCUT2D eigenvalue weighted by atomic mass is 19.4. The molecule has 3 nitrogen and oxygen atoms in total. The summed E-state index contributed by atoms with van der Waals surface area (Å²) < 4.78 is 36.0. The summed E-state index contributed by atoms with van der Waals surface area (Å²) in [5, 5.41) is 0. The van der Waals surface area contributed by atoms with Crippen LogP contribution in [0.25, 0.3) is 0 Å². The van der Waals surface area contributed by atoms with Gasteiger partial charge in [0.05, 0.1) is 0 Å². The van der Waals surface area contributed by atoms with Gasteiger partial charge in [-0.05, 0) is 6.07 Å². The van der Waals surface area contributed by atoms with Crippen LogP contribution in [0.5, 0.6) is 0 Å². The van der Waals surface area contributed by atoms with E-state index < -0.39 is 17.4 Å². The molecule has 0 aromatic carbocycles. The first kappa shape index (κ1) is 9.79. The van der Waals surface area contributed by atoms with E-state index in [1.165, 1.54) is 0 Å². The number of halogens is 3. The molecule has 13 heavy (non-hydrogen) atoms. The minimum absolute atomic E-state index is 0.0759. The van der Waals surface area contributed by atoms with Crippen molar-refractivity contribution in [2.75, 3.05) is 0 Å². The van der Waals surface area contributed by atoms with Crippen molar-refractivity contribution in [2.45, 2.75) is 12.7 Å². The van der Waals surface area contributed by atoms with Gasteiger partial charge in [-0.15, -0.1) is 0 Å². The monoisotopic (exact) mass is 192 g/mol. The molecule has 0 radical (unpaired) electrons. The van der Waals surface area contributed by atoms with Crippen LogP contribution in [-0.2, 0) is 12.7 Å². The summed E-state index contributed by atoms with van der Waals surface area (Å²) in [4.78, 5) is 12.6. The van der Waals surface area contributed by atoms with Crippen LogP contribution in [-0.4, -0.2) is 4.98 Å². The van der Waals surface area contributed by atoms with Crippen LogP contribution in [0.1, 0.15) is 11.3 Å². The standard InChI is InChI=1S/C7H7F3N2O/c8-7(9,10)5-2-1-4(3-11)6(13)12-5/h1-2H,3,11H2,(H,12,13). The third-order valence-electron chi connectivity index (χ3n) is 1.52. The van der Waals surface area contributed by atoms with E-state index >= 15 is 0 Å². The van der Waals surface area contributed by atoms with Gasteiger partial charge in [0.25, 0.3) is 5.56 Å². The molecular weight excluding hydrogens is 185 g/mol. The van der Waals surface area contributed by atoms with Crippen molar-refractivity contribution < 1.29 is 13.2 Å². The Labute approximate surface area is 71.4 Å². The van der Waals surface area contributed by atoms with Crippen molar-refractivity contribution in [1.82, 2.24) is 4.98 Å². The normalized spacial score (nSPS) is 11.7. The van der Waals surface area contributed by atoms with Gasteiger partial charge in [-0.2, -0.15) is 13.2 Å². The lowest BCUT2D eigenvalue weighted by Crippen LogP contribution is -2.20. The van der Waals surface area contributed by atoms with Crippen LogP contribution in [0.3, 0.4) is 0 Å². The Bertz CT molecular complexity index is 355. The zero-order valence-corrected chi connectivity index (χ0v) is 6.48. The summed E-state index contributed by atoms with van der Waals surface area (Å²) in [7, 11) is 0. The molecule has 0 aliphatic heterocycles. The van der Waals surface area contributed by atoms with Crippen molar-refractivity contribution in [3.63, 3.8) is 0 Å². The third kappa shape index (κ3) is 2.09. The largest absolute Gasteiger partial charge is 0.431 e. The van der Waals surface area contributed by atoms with Gasteiger partial charge in [0.1, 0.15) is 5.69 Å². The van der Waals surface area contributed by atoms with Gasteiger partial charge in [-0.3, -0.25) is 4.79 Å². The molecular formula is C7H7F3N2O. The van der Waals surface area contributed by atoms with E-state index in [2.05, 4.69) is 0 Å². The van der Waals surface area contributed by atoms with E-state index in [0.29, 0.717) is 0 Å². The molecule has 0 unspecified atom stereocenters. The maximum Gasteiger partial charge on any atom is 0.431 e. The lowest BCUT2D eigenvalue weighted by atomic mass is 10.2. The van der Waals surface area contributed by atoms with Gasteiger partial charge in [0.15, 0.2) is 0 Å². The maximum atomic E-state index is 12.0. The third-order valence-corrected chi connectivity index (χ3v) is 1.52. The number of aromatic amines is 1. The second kappa shape index (κ2) is 3.21. The second-order valence-corrected chi connectivity index (χ2v) is 2.43. The number of hydrogen-bond acceptors (Lipinski definition) is 2. The van der Waals surface area contributed by atoms with Crippen molar-refractivity contribution >= 4 is 0 Å². The highest BCUT2D eigenvalue weighted by Gasteiger charge is 2.31. The molecule has 0 fully saturated rings. The summed E-state index contributed by atoms with van der Waals surface area (Å²) in [6, 6.07) is 1.87. The van der Waals surface area contributed by atoms with Crippen molar-refractivity contribution in [3.8, 4) is 0 Å². The summed E-state index contributed by atoms with van der Waals surface area (Å²) in [5.74, 6) is 0. The number of rotatable bonds is 1. The molecule has 72 valence electrons. The molecule has 1 rings (SSSR count). The van der Waals surface area contributed by atoms with Gasteiger partial charge in [-0.1, -0.05) is 6.07 Å². The van der Waals surface area contributed by atoms with Crippen LogP contribution in [0, 0.1) is 0 Å². The zero-order valence-electron chi connectivity index (χ0n) is 6.48. The summed E-state index contributed by atoms with van der Waals surface area (Å²) in [6.45, 7) is -0.0759. The topological polar surface area (TPSA) is 58.9 Å². The van der Waals surface area contributed by atoms with Crippen LogP contribution in [0.2, 0.25) is 0 Å². The second-order valence-electron chi connectivity index (χ2n) is 2.43. The van der Waals surface area contributed by atoms with E-state index in [1.807, 2.05) is 0 Å². The van der Waals surface area contributed by atoms with Gasteiger partial charge >= 0.3 is 6.18 Å². The molecule has 0 bridgehead atoms.